The molecule has 3 aromatic carbocycles. The summed E-state index contributed by atoms with van der Waals surface area (Å²) in [6.45, 7) is 3.31. The molecule has 1 aliphatic rings. The number of benzene rings is 3. The molecule has 48 heavy (non-hydrogen) atoms. The highest BCUT2D eigenvalue weighted by atomic mass is 127. The average Bonchev–Trinajstić information content (AvgIpc) is 3.34. The largest absolute Gasteiger partial charge is 0.487 e. The van der Waals surface area contributed by atoms with Crippen molar-refractivity contribution in [1.82, 2.24) is 4.57 Å². The summed E-state index contributed by atoms with van der Waals surface area (Å²) in [6.07, 6.45) is -3.59. The lowest BCUT2D eigenvalue weighted by molar-refractivity contribution is -0.140. The van der Waals surface area contributed by atoms with Crippen LogP contribution in [0.15, 0.2) is 81.7 Å². The number of esters is 2. The van der Waals surface area contributed by atoms with Crippen molar-refractivity contribution in [2.45, 2.75) is 32.7 Å². The first-order valence-corrected chi connectivity index (χ1v) is 16.9. The number of hydrogen-bond donors (Lipinski definition) is 0. The molecule has 250 valence electrons. The number of allylic oxidation sites excluding steroid dienone is 1. The molecule has 1 aromatic heterocycles. The monoisotopic (exact) mass is 830 g/mol. The fourth-order valence-electron chi connectivity index (χ4n) is 4.89. The van der Waals surface area contributed by atoms with E-state index in [4.69, 9.17) is 37.4 Å². The number of thiazole rings is 1. The van der Waals surface area contributed by atoms with E-state index in [0.717, 1.165) is 21.5 Å². The van der Waals surface area contributed by atoms with Gasteiger partial charge in [0, 0.05) is 15.6 Å². The van der Waals surface area contributed by atoms with E-state index in [9.17, 15) is 27.6 Å². The van der Waals surface area contributed by atoms with Crippen LogP contribution >= 0.6 is 57.1 Å². The number of rotatable bonds is 9. The van der Waals surface area contributed by atoms with Gasteiger partial charge in [0.05, 0.1) is 38.5 Å². The van der Waals surface area contributed by atoms with Crippen LogP contribution in [0.3, 0.4) is 0 Å². The zero-order chi connectivity index (χ0) is 34.7. The number of carbonyl (C=O) groups is 2. The molecule has 5 rings (SSSR count). The van der Waals surface area contributed by atoms with Crippen molar-refractivity contribution in [3.05, 3.63) is 127 Å². The van der Waals surface area contributed by atoms with Gasteiger partial charge in [-0.1, -0.05) is 58.8 Å². The summed E-state index contributed by atoms with van der Waals surface area (Å²) >= 11 is 15.2. The van der Waals surface area contributed by atoms with Gasteiger partial charge in [-0.15, -0.1) is 0 Å². The summed E-state index contributed by atoms with van der Waals surface area (Å²) in [4.78, 5) is 42.6. The summed E-state index contributed by atoms with van der Waals surface area (Å²) in [5.74, 6) is -1.34. The minimum atomic E-state index is -5.04. The molecule has 8 nitrogen and oxygen atoms in total. The zero-order valence-electron chi connectivity index (χ0n) is 25.1. The Morgan fingerprint density at radius 1 is 0.979 bits per heavy atom. The van der Waals surface area contributed by atoms with E-state index in [1.807, 2.05) is 22.6 Å². The number of nitrogens with zero attached hydrogens (tertiary/aromatic N) is 2. The Bertz CT molecular complexity index is 2100. The first kappa shape index (κ1) is 35.6. The van der Waals surface area contributed by atoms with Gasteiger partial charge in [0.1, 0.15) is 12.4 Å². The van der Waals surface area contributed by atoms with Gasteiger partial charge in [0.15, 0.2) is 10.5 Å². The molecule has 15 heteroatoms. The number of halogens is 6. The highest BCUT2D eigenvalue weighted by molar-refractivity contribution is 14.1. The van der Waals surface area contributed by atoms with Crippen molar-refractivity contribution >= 4 is 75.1 Å². The van der Waals surface area contributed by atoms with E-state index in [0.29, 0.717) is 30.5 Å². The zero-order valence-corrected chi connectivity index (χ0v) is 29.6. The van der Waals surface area contributed by atoms with E-state index in [-0.39, 0.29) is 34.7 Å². The lowest BCUT2D eigenvalue weighted by atomic mass is 9.95. The Morgan fingerprint density at radius 3 is 2.25 bits per heavy atom. The molecule has 0 radical (unpaired) electrons. The Labute approximate surface area is 299 Å². The predicted molar refractivity (Wildman–Crippen MR) is 183 cm³/mol. The molecule has 0 fully saturated rings. The molecule has 0 bridgehead atoms. The summed E-state index contributed by atoms with van der Waals surface area (Å²) in [6, 6.07) is 14.1. The number of fused-ring (bicyclic) bond motifs is 1. The molecule has 0 saturated carbocycles. The summed E-state index contributed by atoms with van der Waals surface area (Å²) in [5, 5.41) is 0.634. The molecule has 0 amide bonds. The molecule has 2 heterocycles. The fraction of sp³-hybridized carbons (Fsp3) is 0.212. The lowest BCUT2D eigenvalue weighted by Crippen LogP contribution is -2.41. The average molecular weight is 831 g/mol. The van der Waals surface area contributed by atoms with Crippen LogP contribution in [0.2, 0.25) is 10.0 Å². The maximum Gasteiger partial charge on any atom is 0.434 e. The minimum Gasteiger partial charge on any atom is -0.487 e. The molecule has 0 saturated heterocycles. The predicted octanol–water partition coefficient (Wildman–Crippen LogP) is 7.01. The van der Waals surface area contributed by atoms with E-state index >= 15 is 0 Å². The van der Waals surface area contributed by atoms with Gasteiger partial charge in [-0.05, 0) is 90.0 Å². The minimum absolute atomic E-state index is 0.0149. The molecule has 0 unspecified atom stereocenters. The van der Waals surface area contributed by atoms with Crippen molar-refractivity contribution in [3.63, 3.8) is 0 Å². The molecule has 4 aromatic rings. The van der Waals surface area contributed by atoms with Crippen LogP contribution in [0, 0.1) is 3.57 Å². The molecule has 0 N–H and O–H groups in total. The second-order valence-corrected chi connectivity index (χ2v) is 13.2. The Morgan fingerprint density at radius 2 is 1.62 bits per heavy atom. The smallest absolute Gasteiger partial charge is 0.434 e. The topological polar surface area (TPSA) is 96.2 Å². The third kappa shape index (κ3) is 7.64. The highest BCUT2D eigenvalue weighted by Gasteiger charge is 2.45. The number of aromatic nitrogens is 1. The van der Waals surface area contributed by atoms with E-state index in [2.05, 4.69) is 4.99 Å². The van der Waals surface area contributed by atoms with Gasteiger partial charge in [-0.3, -0.25) is 9.36 Å². The lowest BCUT2D eigenvalue weighted by Gasteiger charge is -2.26. The Kier molecular flexibility index (Phi) is 11.0. The van der Waals surface area contributed by atoms with Crippen molar-refractivity contribution in [2.24, 2.45) is 4.99 Å². The van der Waals surface area contributed by atoms with Crippen LogP contribution in [0.5, 0.6) is 5.75 Å². The van der Waals surface area contributed by atoms with Gasteiger partial charge >= 0.3 is 18.1 Å². The third-order valence-electron chi connectivity index (χ3n) is 6.95. The molecular formula is C33H24Cl2F3IN2O6S. The SMILES string of the molecule is CCOC(=O)C1=C(C(F)(F)F)N=c2s/c(=C\c3cc(Cl)cc(I)c3OCc3ccc(C(=O)OCC)cc3)c(=O)n2[C@@H]1c1ccc(Cl)cc1. The summed E-state index contributed by atoms with van der Waals surface area (Å²) in [7, 11) is 0. The third-order valence-corrected chi connectivity index (χ3v) is 9.21. The fourth-order valence-corrected chi connectivity index (χ4v) is 7.22. The van der Waals surface area contributed by atoms with Crippen LogP contribution in [0.25, 0.3) is 6.08 Å². The molecule has 1 atom stereocenters. The van der Waals surface area contributed by atoms with Gasteiger partial charge in [0.2, 0.25) is 0 Å². The van der Waals surface area contributed by atoms with Crippen LogP contribution in [-0.4, -0.2) is 35.9 Å². The summed E-state index contributed by atoms with van der Waals surface area (Å²) in [5.41, 5.74) is -1.28. The van der Waals surface area contributed by atoms with Crippen molar-refractivity contribution < 1.29 is 37.0 Å². The highest BCUT2D eigenvalue weighted by Crippen LogP contribution is 2.38. The second-order valence-electron chi connectivity index (χ2n) is 10.1. The molecule has 0 aliphatic carbocycles. The quantitative estimate of drug-likeness (QED) is 0.133. The van der Waals surface area contributed by atoms with E-state index in [1.54, 1.807) is 43.3 Å². The standard InChI is InChI=1S/C33H24Cl2F3IN2O6S/c1-3-45-30(43)19-7-5-17(6-8-19)16-47-27-20(13-22(35)15-23(27)39)14-24-29(42)41-26(18-9-11-21(34)12-10-18)25(31(44)46-4-2)28(33(36,37)38)40-32(41)48-24/h5-15,26H,3-4,16H2,1-2H3/b24-14-/t26-/m1/s1. The van der Waals surface area contributed by atoms with Gasteiger partial charge in [-0.25, -0.2) is 14.6 Å². The molecular weight excluding hydrogens is 807 g/mol. The van der Waals surface area contributed by atoms with Gasteiger partial charge in [-0.2, -0.15) is 13.2 Å². The number of hydrogen-bond acceptors (Lipinski definition) is 8. The maximum atomic E-state index is 14.4. The first-order valence-electron chi connectivity index (χ1n) is 14.3. The Hall–Kier alpha value is -3.66. The van der Waals surface area contributed by atoms with Crippen LogP contribution < -0.4 is 19.6 Å². The summed E-state index contributed by atoms with van der Waals surface area (Å²) < 4.78 is 61.1. The molecule has 0 spiro atoms. The Balaban J connectivity index is 1.63. The number of ether oxygens (including phenoxy) is 3. The van der Waals surface area contributed by atoms with Crippen LogP contribution in [0.1, 0.15) is 46.9 Å². The second kappa shape index (κ2) is 14.8. The van der Waals surface area contributed by atoms with E-state index < -0.39 is 41.0 Å². The van der Waals surface area contributed by atoms with Crippen molar-refractivity contribution in [3.8, 4) is 5.75 Å². The number of carbonyl (C=O) groups excluding carboxylic acids is 2. The normalized spacial score (nSPS) is 14.8. The van der Waals surface area contributed by atoms with Crippen LogP contribution in [-0.2, 0) is 20.9 Å². The maximum absolute atomic E-state index is 14.4. The molecule has 1 aliphatic heterocycles. The van der Waals surface area contributed by atoms with Gasteiger partial charge in [0.25, 0.3) is 5.56 Å². The number of alkyl halides is 3. The van der Waals surface area contributed by atoms with Gasteiger partial charge < -0.3 is 14.2 Å². The van der Waals surface area contributed by atoms with E-state index in [1.165, 1.54) is 37.3 Å². The van der Waals surface area contributed by atoms with Crippen molar-refractivity contribution in [1.29, 1.82) is 0 Å². The van der Waals surface area contributed by atoms with Crippen LogP contribution in [0.4, 0.5) is 13.2 Å². The first-order chi connectivity index (χ1) is 22.8. The van der Waals surface area contributed by atoms with Crippen molar-refractivity contribution in [2.75, 3.05) is 13.2 Å².